The Morgan fingerprint density at radius 2 is 2.04 bits per heavy atom. The van der Waals surface area contributed by atoms with Crippen LogP contribution in [0.2, 0.25) is 0 Å². The van der Waals surface area contributed by atoms with Crippen molar-refractivity contribution in [2.24, 2.45) is 0 Å². The molecule has 5 nitrogen and oxygen atoms in total. The largest absolute Gasteiger partial charge is 0.347 e. The van der Waals surface area contributed by atoms with Gasteiger partial charge in [0.05, 0.1) is 0 Å². The molecule has 0 saturated heterocycles. The quantitative estimate of drug-likeness (QED) is 0.753. The van der Waals surface area contributed by atoms with E-state index in [2.05, 4.69) is 17.2 Å². The molecular weight excluding hydrogens is 314 g/mol. The van der Waals surface area contributed by atoms with Crippen molar-refractivity contribution >= 4 is 16.7 Å². The van der Waals surface area contributed by atoms with Crippen LogP contribution in [0.5, 0.6) is 0 Å². The van der Waals surface area contributed by atoms with Crippen LogP contribution < -0.4 is 10.9 Å². The third-order valence-electron chi connectivity index (χ3n) is 4.16. The summed E-state index contributed by atoms with van der Waals surface area (Å²) in [6, 6.07) is 12.9. The molecule has 0 aliphatic carbocycles. The lowest BCUT2D eigenvalue weighted by molar-refractivity contribution is 0.0940. The number of hydrogen-bond donors (Lipinski definition) is 1. The number of hydrogen-bond acceptors (Lipinski definition) is 3. The Bertz CT molecular complexity index is 933. The molecule has 0 fully saturated rings. The first-order chi connectivity index (χ1) is 12.2. The molecule has 3 rings (SSSR count). The molecule has 25 heavy (non-hydrogen) atoms. The maximum atomic E-state index is 12.8. The van der Waals surface area contributed by atoms with E-state index >= 15 is 0 Å². The van der Waals surface area contributed by atoms with Crippen LogP contribution in [0, 0.1) is 0 Å². The molecule has 0 spiro atoms. The molecule has 128 valence electrons. The van der Waals surface area contributed by atoms with E-state index in [9.17, 15) is 9.59 Å². The molecule has 0 aliphatic rings. The van der Waals surface area contributed by atoms with Crippen molar-refractivity contribution in [3.8, 4) is 0 Å². The van der Waals surface area contributed by atoms with Gasteiger partial charge in [0, 0.05) is 30.9 Å². The van der Waals surface area contributed by atoms with Crippen molar-refractivity contribution in [1.82, 2.24) is 14.9 Å². The average molecular weight is 335 g/mol. The minimum atomic E-state index is -0.247. The molecule has 0 unspecified atom stereocenters. The Morgan fingerprint density at radius 1 is 1.20 bits per heavy atom. The molecule has 0 aliphatic heterocycles. The monoisotopic (exact) mass is 335 g/mol. The first-order valence-corrected chi connectivity index (χ1v) is 8.50. The van der Waals surface area contributed by atoms with Gasteiger partial charge in [0.15, 0.2) is 0 Å². The number of carbonyl (C=O) groups excluding carboxylic acids is 1. The molecule has 1 amide bonds. The fourth-order valence-electron chi connectivity index (χ4n) is 2.80. The van der Waals surface area contributed by atoms with Crippen LogP contribution in [-0.4, -0.2) is 15.5 Å². The van der Waals surface area contributed by atoms with Crippen molar-refractivity contribution in [2.75, 3.05) is 0 Å². The summed E-state index contributed by atoms with van der Waals surface area (Å²) in [5.74, 6) is -0.247. The van der Waals surface area contributed by atoms with Crippen LogP contribution in [0.4, 0.5) is 0 Å². The number of benzene rings is 1. The number of amides is 1. The number of fused-ring (bicyclic) bond motifs is 1. The highest BCUT2D eigenvalue weighted by Crippen LogP contribution is 2.13. The lowest BCUT2D eigenvalue weighted by Crippen LogP contribution is -2.32. The van der Waals surface area contributed by atoms with Crippen molar-refractivity contribution in [3.63, 3.8) is 0 Å². The zero-order valence-electron chi connectivity index (χ0n) is 14.2. The van der Waals surface area contributed by atoms with Crippen molar-refractivity contribution in [3.05, 3.63) is 76.5 Å². The van der Waals surface area contributed by atoms with E-state index in [1.165, 1.54) is 0 Å². The Morgan fingerprint density at radius 3 is 2.80 bits per heavy atom. The Kier molecular flexibility index (Phi) is 5.23. The van der Waals surface area contributed by atoms with Crippen molar-refractivity contribution in [1.29, 1.82) is 0 Å². The fourth-order valence-corrected chi connectivity index (χ4v) is 2.80. The predicted molar refractivity (Wildman–Crippen MR) is 98.5 cm³/mol. The predicted octanol–water partition coefficient (Wildman–Crippen LogP) is 3.13. The summed E-state index contributed by atoms with van der Waals surface area (Å²) in [7, 11) is 0. The number of aromatic nitrogens is 2. The third-order valence-corrected chi connectivity index (χ3v) is 4.16. The maximum absolute atomic E-state index is 12.8. The molecule has 0 radical (unpaired) electrons. The van der Waals surface area contributed by atoms with Gasteiger partial charge in [-0.25, -0.2) is 0 Å². The first-order valence-electron chi connectivity index (χ1n) is 8.50. The molecule has 1 N–H and O–H groups in total. The molecule has 1 aromatic carbocycles. The minimum absolute atomic E-state index is 0.113. The van der Waals surface area contributed by atoms with Gasteiger partial charge in [-0.1, -0.05) is 37.6 Å². The molecule has 0 bridgehead atoms. The highest BCUT2D eigenvalue weighted by Gasteiger charge is 2.15. The van der Waals surface area contributed by atoms with Crippen molar-refractivity contribution < 1.29 is 4.79 Å². The van der Waals surface area contributed by atoms with Crippen LogP contribution in [0.3, 0.4) is 0 Å². The number of nitrogens with one attached hydrogen (secondary N) is 1. The fraction of sp³-hybridized carbons (Fsp3) is 0.250. The summed E-state index contributed by atoms with van der Waals surface area (Å²) in [6.45, 7) is 2.98. The molecule has 2 heterocycles. The van der Waals surface area contributed by atoms with Gasteiger partial charge in [-0.05, 0) is 35.6 Å². The number of carbonyl (C=O) groups is 1. The van der Waals surface area contributed by atoms with Gasteiger partial charge in [0.2, 0.25) is 0 Å². The molecule has 0 atom stereocenters. The number of unbranched alkanes of at least 4 members (excludes halogenated alkanes) is 1. The summed E-state index contributed by atoms with van der Waals surface area (Å²) < 4.78 is 1.59. The van der Waals surface area contributed by atoms with Gasteiger partial charge in [0.1, 0.15) is 5.69 Å². The molecule has 2 aromatic heterocycles. The normalized spacial score (nSPS) is 10.8. The van der Waals surface area contributed by atoms with Crippen LogP contribution in [-0.2, 0) is 13.1 Å². The SMILES string of the molecule is CCCCn1c(C(=O)NCc2cccnc2)cc2ccccc2c1=O. The van der Waals surface area contributed by atoms with E-state index in [0.29, 0.717) is 24.2 Å². The van der Waals surface area contributed by atoms with Crippen LogP contribution in [0.15, 0.2) is 59.7 Å². The average Bonchev–Trinajstić information content (AvgIpc) is 2.66. The number of rotatable bonds is 6. The Labute approximate surface area is 146 Å². The van der Waals surface area contributed by atoms with E-state index in [1.807, 2.05) is 30.3 Å². The summed E-state index contributed by atoms with van der Waals surface area (Å²) in [6.07, 6.45) is 5.21. The zero-order chi connectivity index (χ0) is 17.6. The van der Waals surface area contributed by atoms with Gasteiger partial charge in [0.25, 0.3) is 11.5 Å². The Hall–Kier alpha value is -2.95. The summed E-state index contributed by atoms with van der Waals surface area (Å²) in [4.78, 5) is 29.6. The van der Waals surface area contributed by atoms with E-state index in [0.717, 1.165) is 23.8 Å². The number of nitrogens with zero attached hydrogens (tertiary/aromatic N) is 2. The third kappa shape index (κ3) is 3.76. The van der Waals surface area contributed by atoms with Gasteiger partial charge < -0.3 is 9.88 Å². The zero-order valence-corrected chi connectivity index (χ0v) is 14.2. The smallest absolute Gasteiger partial charge is 0.268 e. The lowest BCUT2D eigenvalue weighted by atomic mass is 10.1. The lowest BCUT2D eigenvalue weighted by Gasteiger charge is -2.14. The highest BCUT2D eigenvalue weighted by atomic mass is 16.2. The van der Waals surface area contributed by atoms with Gasteiger partial charge in [-0.3, -0.25) is 14.6 Å². The second kappa shape index (κ2) is 7.75. The summed E-state index contributed by atoms with van der Waals surface area (Å²) >= 11 is 0. The topological polar surface area (TPSA) is 64.0 Å². The highest BCUT2D eigenvalue weighted by molar-refractivity contribution is 5.96. The summed E-state index contributed by atoms with van der Waals surface area (Å²) in [5, 5.41) is 4.31. The van der Waals surface area contributed by atoms with Crippen LogP contribution in [0.1, 0.15) is 35.8 Å². The molecular formula is C20H21N3O2. The van der Waals surface area contributed by atoms with E-state index in [1.54, 1.807) is 29.1 Å². The summed E-state index contributed by atoms with van der Waals surface area (Å²) in [5.41, 5.74) is 1.21. The van der Waals surface area contributed by atoms with Gasteiger partial charge >= 0.3 is 0 Å². The maximum Gasteiger partial charge on any atom is 0.268 e. The van der Waals surface area contributed by atoms with Crippen molar-refractivity contribution in [2.45, 2.75) is 32.9 Å². The van der Waals surface area contributed by atoms with Gasteiger partial charge in [-0.2, -0.15) is 0 Å². The van der Waals surface area contributed by atoms with E-state index in [4.69, 9.17) is 0 Å². The second-order valence-electron chi connectivity index (χ2n) is 5.97. The van der Waals surface area contributed by atoms with E-state index in [-0.39, 0.29) is 11.5 Å². The van der Waals surface area contributed by atoms with E-state index < -0.39 is 0 Å². The Balaban J connectivity index is 1.95. The minimum Gasteiger partial charge on any atom is -0.347 e. The first kappa shape index (κ1) is 16.9. The molecule has 3 aromatic rings. The van der Waals surface area contributed by atoms with Gasteiger partial charge in [-0.15, -0.1) is 0 Å². The second-order valence-corrected chi connectivity index (χ2v) is 5.97. The standard InChI is InChI=1S/C20H21N3O2/c1-2-3-11-23-18(12-16-8-4-5-9-17(16)20(23)25)19(24)22-14-15-7-6-10-21-13-15/h4-10,12-13H,2-3,11,14H2,1H3,(H,22,24). The van der Waals surface area contributed by atoms with Crippen LogP contribution >= 0.6 is 0 Å². The molecule has 5 heteroatoms. The number of pyridine rings is 2. The van der Waals surface area contributed by atoms with Crippen LogP contribution in [0.25, 0.3) is 10.8 Å². The molecule has 0 saturated carbocycles.